The second-order valence-corrected chi connectivity index (χ2v) is 4.81. The number of carbonyl (C=O) groups is 4. The van der Waals surface area contributed by atoms with Gasteiger partial charge in [0.15, 0.2) is 0 Å². The molecule has 1 aliphatic rings. The average molecular weight is 271 g/mol. The molecule has 1 fully saturated rings. The number of carboxylic acids is 1. The van der Waals surface area contributed by atoms with Crippen LogP contribution in [0.25, 0.3) is 0 Å². The van der Waals surface area contributed by atoms with Crippen molar-refractivity contribution >= 4 is 23.8 Å². The van der Waals surface area contributed by atoms with Crippen molar-refractivity contribution in [2.45, 2.75) is 38.8 Å². The fourth-order valence-electron chi connectivity index (χ4n) is 1.68. The fraction of sp³-hybridized carbons (Fsp3) is 0.636. The minimum atomic E-state index is -1.16. The molecule has 0 aromatic heterocycles. The quantitative estimate of drug-likeness (QED) is 0.572. The number of nitrogens with zero attached hydrogens (tertiary/aromatic N) is 1. The van der Waals surface area contributed by atoms with E-state index >= 15 is 0 Å². The van der Waals surface area contributed by atoms with Gasteiger partial charge < -0.3 is 15.7 Å². The van der Waals surface area contributed by atoms with Crippen molar-refractivity contribution in [2.24, 2.45) is 0 Å². The highest BCUT2D eigenvalue weighted by Crippen LogP contribution is 2.15. The van der Waals surface area contributed by atoms with E-state index in [0.29, 0.717) is 0 Å². The highest BCUT2D eigenvalue weighted by molar-refractivity contribution is 6.08. The summed E-state index contributed by atoms with van der Waals surface area (Å²) in [6.07, 6.45) is 0.215. The van der Waals surface area contributed by atoms with Crippen LogP contribution in [0.3, 0.4) is 0 Å². The first-order valence-electron chi connectivity index (χ1n) is 5.85. The molecule has 1 heterocycles. The molecule has 0 spiro atoms. The highest BCUT2D eigenvalue weighted by Gasteiger charge is 2.44. The van der Waals surface area contributed by atoms with Crippen LogP contribution in [0.2, 0.25) is 0 Å². The van der Waals surface area contributed by atoms with Crippen LogP contribution in [-0.2, 0) is 14.4 Å². The van der Waals surface area contributed by atoms with E-state index in [1.165, 1.54) is 13.8 Å². The number of hydrogen-bond donors (Lipinski definition) is 3. The van der Waals surface area contributed by atoms with Gasteiger partial charge in [-0.15, -0.1) is 0 Å². The van der Waals surface area contributed by atoms with Gasteiger partial charge in [-0.2, -0.15) is 0 Å². The first-order valence-corrected chi connectivity index (χ1v) is 5.85. The van der Waals surface area contributed by atoms with E-state index in [4.69, 9.17) is 5.11 Å². The molecular weight excluding hydrogens is 254 g/mol. The molecule has 0 saturated carbocycles. The molecule has 8 heteroatoms. The first kappa shape index (κ1) is 14.9. The number of rotatable bonds is 5. The summed E-state index contributed by atoms with van der Waals surface area (Å²) < 4.78 is 0. The molecule has 8 nitrogen and oxygen atoms in total. The number of urea groups is 1. The second kappa shape index (κ2) is 5.25. The smallest absolute Gasteiger partial charge is 0.326 e. The summed E-state index contributed by atoms with van der Waals surface area (Å²) in [6, 6.07) is -1.69. The van der Waals surface area contributed by atoms with Gasteiger partial charge >= 0.3 is 12.0 Å². The van der Waals surface area contributed by atoms with Crippen molar-refractivity contribution < 1.29 is 24.3 Å². The molecule has 0 aromatic carbocycles. The topological polar surface area (TPSA) is 116 Å². The number of amides is 4. The predicted octanol–water partition coefficient (Wildman–Crippen LogP) is -0.704. The molecule has 106 valence electrons. The zero-order valence-corrected chi connectivity index (χ0v) is 11.0. The lowest BCUT2D eigenvalue weighted by atomic mass is 10.1. The molecule has 1 saturated heterocycles. The minimum Gasteiger partial charge on any atom is -0.480 e. The summed E-state index contributed by atoms with van der Waals surface area (Å²) in [4.78, 5) is 46.5. The summed E-state index contributed by atoms with van der Waals surface area (Å²) in [5.41, 5.74) is -1.05. The zero-order chi connectivity index (χ0) is 14.8. The zero-order valence-electron chi connectivity index (χ0n) is 11.0. The summed E-state index contributed by atoms with van der Waals surface area (Å²) in [6.45, 7) is 4.17. The van der Waals surface area contributed by atoms with Gasteiger partial charge in [-0.25, -0.2) is 9.59 Å². The van der Waals surface area contributed by atoms with Crippen molar-refractivity contribution in [3.63, 3.8) is 0 Å². The number of carboxylic acid groups (broad SMARTS) is 1. The Morgan fingerprint density at radius 2 is 2.00 bits per heavy atom. The summed E-state index contributed by atoms with van der Waals surface area (Å²) >= 11 is 0. The molecule has 0 radical (unpaired) electrons. The largest absolute Gasteiger partial charge is 0.480 e. The van der Waals surface area contributed by atoms with Crippen molar-refractivity contribution in [3.8, 4) is 0 Å². The highest BCUT2D eigenvalue weighted by atomic mass is 16.4. The van der Waals surface area contributed by atoms with Crippen LogP contribution in [0.15, 0.2) is 0 Å². The summed E-state index contributed by atoms with van der Waals surface area (Å²) in [5.74, 6) is -2.36. The summed E-state index contributed by atoms with van der Waals surface area (Å²) in [5, 5.41) is 13.5. The fourth-order valence-corrected chi connectivity index (χ4v) is 1.68. The number of aliphatic carboxylic acids is 1. The maximum Gasteiger partial charge on any atom is 0.326 e. The normalized spacial score (nSPS) is 19.0. The van der Waals surface area contributed by atoms with Crippen LogP contribution in [0.1, 0.15) is 27.2 Å². The van der Waals surface area contributed by atoms with E-state index in [0.717, 1.165) is 4.90 Å². The van der Waals surface area contributed by atoms with Gasteiger partial charge in [-0.3, -0.25) is 14.5 Å². The molecule has 0 unspecified atom stereocenters. The van der Waals surface area contributed by atoms with E-state index in [2.05, 4.69) is 10.6 Å². The van der Waals surface area contributed by atoms with Crippen LogP contribution in [-0.4, -0.2) is 51.9 Å². The van der Waals surface area contributed by atoms with Crippen LogP contribution in [0, 0.1) is 0 Å². The van der Waals surface area contributed by atoms with E-state index in [-0.39, 0.29) is 6.42 Å². The Kier molecular flexibility index (Phi) is 4.13. The van der Waals surface area contributed by atoms with Crippen molar-refractivity contribution in [2.75, 3.05) is 6.54 Å². The lowest BCUT2D eigenvalue weighted by molar-refractivity contribution is -0.142. The second-order valence-electron chi connectivity index (χ2n) is 4.81. The molecule has 3 N–H and O–H groups in total. The lowest BCUT2D eigenvalue weighted by Gasteiger charge is -2.17. The maximum atomic E-state index is 11.8. The number of imide groups is 1. The lowest BCUT2D eigenvalue weighted by Crippen LogP contribution is -2.47. The standard InChI is InChI=1S/C11H17N3O5/c1-4-6(8(16)17)12-7(15)5-14-9(18)11(2,3)13-10(14)19/h6H,4-5H2,1-3H3,(H,12,15)(H,13,19)(H,16,17)/t6-/m0/s1. The molecule has 19 heavy (non-hydrogen) atoms. The minimum absolute atomic E-state index is 0.215. The Morgan fingerprint density at radius 1 is 1.42 bits per heavy atom. The Labute approximate surface area is 110 Å². The Morgan fingerprint density at radius 3 is 2.37 bits per heavy atom. The molecule has 1 atom stereocenters. The van der Waals surface area contributed by atoms with Gasteiger partial charge in [0.1, 0.15) is 18.1 Å². The van der Waals surface area contributed by atoms with E-state index in [1.807, 2.05) is 0 Å². The third kappa shape index (κ3) is 3.21. The Balaban J connectivity index is 2.65. The summed E-state index contributed by atoms with van der Waals surface area (Å²) in [7, 11) is 0. The molecule has 1 aliphatic heterocycles. The molecular formula is C11H17N3O5. The molecule has 4 amide bonds. The van der Waals surface area contributed by atoms with Gasteiger partial charge in [0, 0.05) is 0 Å². The monoisotopic (exact) mass is 271 g/mol. The average Bonchev–Trinajstić information content (AvgIpc) is 2.48. The van der Waals surface area contributed by atoms with Gasteiger partial charge in [0.2, 0.25) is 5.91 Å². The van der Waals surface area contributed by atoms with Crippen LogP contribution in [0.4, 0.5) is 4.79 Å². The van der Waals surface area contributed by atoms with Crippen molar-refractivity contribution in [3.05, 3.63) is 0 Å². The van der Waals surface area contributed by atoms with Gasteiger partial charge in [-0.1, -0.05) is 6.92 Å². The predicted molar refractivity (Wildman–Crippen MR) is 64.2 cm³/mol. The Bertz CT molecular complexity index is 432. The number of nitrogens with one attached hydrogen (secondary N) is 2. The van der Waals surface area contributed by atoms with Crippen molar-refractivity contribution in [1.29, 1.82) is 0 Å². The number of carbonyl (C=O) groups excluding carboxylic acids is 3. The molecule has 1 rings (SSSR count). The van der Waals surface area contributed by atoms with E-state index in [1.54, 1.807) is 6.92 Å². The van der Waals surface area contributed by atoms with Gasteiger partial charge in [0.25, 0.3) is 5.91 Å². The molecule has 0 aromatic rings. The third-order valence-electron chi connectivity index (χ3n) is 2.79. The van der Waals surface area contributed by atoms with Crippen LogP contribution >= 0.6 is 0 Å². The van der Waals surface area contributed by atoms with Gasteiger partial charge in [-0.05, 0) is 20.3 Å². The van der Waals surface area contributed by atoms with Crippen LogP contribution in [0.5, 0.6) is 0 Å². The number of hydrogen-bond acceptors (Lipinski definition) is 4. The van der Waals surface area contributed by atoms with E-state index < -0.39 is 41.9 Å². The third-order valence-corrected chi connectivity index (χ3v) is 2.79. The maximum absolute atomic E-state index is 11.8. The SMILES string of the molecule is CC[C@H](NC(=O)CN1C(=O)NC(C)(C)C1=O)C(=O)O. The first-order chi connectivity index (χ1) is 8.69. The van der Waals surface area contributed by atoms with E-state index in [9.17, 15) is 19.2 Å². The van der Waals surface area contributed by atoms with Crippen LogP contribution < -0.4 is 10.6 Å². The molecule has 0 aliphatic carbocycles. The Hall–Kier alpha value is -2.12. The molecule has 0 bridgehead atoms. The van der Waals surface area contributed by atoms with Gasteiger partial charge in [0.05, 0.1) is 0 Å². The van der Waals surface area contributed by atoms with Crippen molar-refractivity contribution in [1.82, 2.24) is 15.5 Å².